The highest BCUT2D eigenvalue weighted by Crippen LogP contribution is 2.34. The lowest BCUT2D eigenvalue weighted by Crippen LogP contribution is -2.22. The minimum Gasteiger partial charge on any atom is -0.497 e. The van der Waals surface area contributed by atoms with Gasteiger partial charge in [0.2, 0.25) is 0 Å². The van der Waals surface area contributed by atoms with Crippen molar-refractivity contribution < 1.29 is 9.47 Å². The number of methoxy groups -OCH3 is 1. The molecule has 0 aliphatic carbocycles. The molecule has 128 valence electrons. The Kier molecular flexibility index (Phi) is 4.38. The zero-order valence-electron chi connectivity index (χ0n) is 13.9. The molecular weight excluding hydrogens is 336 g/mol. The van der Waals surface area contributed by atoms with E-state index in [1.165, 1.54) is 0 Å². The van der Waals surface area contributed by atoms with E-state index in [0.717, 1.165) is 34.3 Å². The smallest absolute Gasteiger partial charge is 0.158 e. The van der Waals surface area contributed by atoms with Crippen LogP contribution < -0.4 is 9.64 Å². The lowest BCUT2D eigenvalue weighted by molar-refractivity contribution is 0.114. The Morgan fingerprint density at radius 3 is 2.64 bits per heavy atom. The van der Waals surface area contributed by atoms with Gasteiger partial charge < -0.3 is 18.9 Å². The Balaban J connectivity index is 1.61. The second-order valence-corrected chi connectivity index (χ2v) is 6.33. The molecule has 1 fully saturated rings. The van der Waals surface area contributed by atoms with Gasteiger partial charge >= 0.3 is 0 Å². The normalized spacial score (nSPS) is 17.0. The van der Waals surface area contributed by atoms with E-state index >= 15 is 0 Å². The summed E-state index contributed by atoms with van der Waals surface area (Å²) in [6, 6.07) is 18.0. The van der Waals surface area contributed by atoms with Gasteiger partial charge in [0.1, 0.15) is 5.75 Å². The average Bonchev–Trinajstić information content (AvgIpc) is 3.31. The molecule has 2 aromatic carbocycles. The Morgan fingerprint density at radius 2 is 1.88 bits per heavy atom. The summed E-state index contributed by atoms with van der Waals surface area (Å²) in [4.78, 5) is 2.26. The van der Waals surface area contributed by atoms with Crippen LogP contribution >= 0.6 is 11.6 Å². The average molecular weight is 355 g/mol. The maximum atomic E-state index is 6.31. The first-order chi connectivity index (χ1) is 12.3. The van der Waals surface area contributed by atoms with Gasteiger partial charge in [-0.1, -0.05) is 23.7 Å². The highest BCUT2D eigenvalue weighted by Gasteiger charge is 2.28. The molecule has 1 aromatic heterocycles. The number of nitrogens with zero attached hydrogens (tertiary/aromatic N) is 2. The van der Waals surface area contributed by atoms with Crippen LogP contribution in [0, 0.1) is 0 Å². The van der Waals surface area contributed by atoms with E-state index in [0.29, 0.717) is 6.61 Å². The Hall–Kier alpha value is -2.43. The number of hydrogen-bond acceptors (Lipinski definition) is 3. The minimum atomic E-state index is -0.0999. The number of rotatable bonds is 4. The van der Waals surface area contributed by atoms with Crippen molar-refractivity contribution in [3.05, 3.63) is 77.6 Å². The third-order valence-electron chi connectivity index (χ3n) is 4.43. The first kappa shape index (κ1) is 16.1. The fraction of sp³-hybridized carbons (Fsp3) is 0.200. The van der Waals surface area contributed by atoms with E-state index in [-0.39, 0.29) is 6.23 Å². The van der Waals surface area contributed by atoms with Gasteiger partial charge in [0.15, 0.2) is 6.23 Å². The molecule has 0 radical (unpaired) electrons. The van der Waals surface area contributed by atoms with Crippen LogP contribution in [-0.2, 0) is 4.74 Å². The number of para-hydroxylation sites is 1. The van der Waals surface area contributed by atoms with E-state index in [4.69, 9.17) is 21.1 Å². The molecule has 0 N–H and O–H groups in total. The van der Waals surface area contributed by atoms with E-state index in [1.807, 2.05) is 47.2 Å². The molecule has 0 saturated carbocycles. The fourth-order valence-electron chi connectivity index (χ4n) is 3.15. The van der Waals surface area contributed by atoms with Gasteiger partial charge in [-0.3, -0.25) is 0 Å². The first-order valence-electron chi connectivity index (χ1n) is 8.21. The van der Waals surface area contributed by atoms with Gasteiger partial charge in [-0.25, -0.2) is 0 Å². The van der Waals surface area contributed by atoms with Crippen LogP contribution in [0.4, 0.5) is 5.69 Å². The van der Waals surface area contributed by atoms with Crippen molar-refractivity contribution in [2.75, 3.05) is 25.2 Å². The Labute approximate surface area is 152 Å². The second kappa shape index (κ2) is 6.82. The summed E-state index contributed by atoms with van der Waals surface area (Å²) in [6.07, 6.45) is 4.00. The van der Waals surface area contributed by atoms with E-state index in [1.54, 1.807) is 7.11 Å². The van der Waals surface area contributed by atoms with Crippen molar-refractivity contribution in [3.8, 4) is 11.4 Å². The Bertz CT molecular complexity index is 860. The van der Waals surface area contributed by atoms with Crippen LogP contribution in [-0.4, -0.2) is 24.8 Å². The van der Waals surface area contributed by atoms with Crippen LogP contribution in [0.2, 0.25) is 5.02 Å². The van der Waals surface area contributed by atoms with Crippen molar-refractivity contribution in [3.63, 3.8) is 0 Å². The minimum absolute atomic E-state index is 0.0999. The highest BCUT2D eigenvalue weighted by atomic mass is 35.5. The summed E-state index contributed by atoms with van der Waals surface area (Å²) in [7, 11) is 1.67. The largest absolute Gasteiger partial charge is 0.497 e. The second-order valence-electron chi connectivity index (χ2n) is 5.92. The van der Waals surface area contributed by atoms with E-state index in [2.05, 4.69) is 29.3 Å². The maximum absolute atomic E-state index is 6.31. The summed E-state index contributed by atoms with van der Waals surface area (Å²) in [5.74, 6) is 0.852. The molecule has 1 unspecified atom stereocenters. The molecule has 0 bridgehead atoms. The molecule has 2 heterocycles. The number of ether oxygens (including phenoxy) is 2. The summed E-state index contributed by atoms with van der Waals surface area (Å²) >= 11 is 6.31. The predicted octanol–water partition coefficient (Wildman–Crippen LogP) is 4.67. The molecule has 3 aromatic rings. The zero-order chi connectivity index (χ0) is 17.2. The van der Waals surface area contributed by atoms with Crippen LogP contribution in [0.5, 0.6) is 5.75 Å². The van der Waals surface area contributed by atoms with Gasteiger partial charge in [-0.15, -0.1) is 0 Å². The van der Waals surface area contributed by atoms with Gasteiger partial charge in [0.05, 0.1) is 24.4 Å². The third kappa shape index (κ3) is 3.11. The summed E-state index contributed by atoms with van der Waals surface area (Å²) < 4.78 is 13.3. The Morgan fingerprint density at radius 1 is 1.08 bits per heavy atom. The van der Waals surface area contributed by atoms with E-state index < -0.39 is 0 Å². The molecule has 1 aliphatic heterocycles. The van der Waals surface area contributed by atoms with Crippen molar-refractivity contribution >= 4 is 17.3 Å². The molecule has 1 saturated heterocycles. The number of hydrogen-bond donors (Lipinski definition) is 0. The third-order valence-corrected chi connectivity index (χ3v) is 4.75. The predicted molar refractivity (Wildman–Crippen MR) is 99.8 cm³/mol. The number of anilines is 1. The fourth-order valence-corrected chi connectivity index (χ4v) is 3.39. The highest BCUT2D eigenvalue weighted by molar-refractivity contribution is 6.32. The first-order valence-corrected chi connectivity index (χ1v) is 8.59. The lowest BCUT2D eigenvalue weighted by Gasteiger charge is -2.24. The zero-order valence-corrected chi connectivity index (χ0v) is 14.7. The molecule has 0 amide bonds. The van der Waals surface area contributed by atoms with Crippen LogP contribution in [0.1, 0.15) is 11.8 Å². The number of aromatic nitrogens is 1. The lowest BCUT2D eigenvalue weighted by atomic mass is 10.2. The molecule has 1 atom stereocenters. The summed E-state index contributed by atoms with van der Waals surface area (Å²) in [6.45, 7) is 1.56. The monoisotopic (exact) mass is 354 g/mol. The SMILES string of the molecule is COc1ccc(N2CCOC2c2ccn(-c3ccccc3Cl)c2)cc1. The summed E-state index contributed by atoms with van der Waals surface area (Å²) in [5, 5.41) is 0.726. The van der Waals surface area contributed by atoms with Crippen molar-refractivity contribution in [1.29, 1.82) is 0 Å². The maximum Gasteiger partial charge on any atom is 0.158 e. The molecule has 25 heavy (non-hydrogen) atoms. The molecule has 1 aliphatic rings. The topological polar surface area (TPSA) is 26.6 Å². The molecule has 4 rings (SSSR count). The van der Waals surface area contributed by atoms with Crippen molar-refractivity contribution in [2.24, 2.45) is 0 Å². The molecule has 0 spiro atoms. The van der Waals surface area contributed by atoms with Gasteiger partial charge in [-0.2, -0.15) is 0 Å². The molecule has 4 nitrogen and oxygen atoms in total. The standard InChI is InChI=1S/C20H19ClN2O2/c1-24-17-8-6-16(7-9-17)23-12-13-25-20(23)15-10-11-22(14-15)19-5-3-2-4-18(19)21/h2-11,14,20H,12-13H2,1H3. The van der Waals surface area contributed by atoms with Crippen LogP contribution in [0.15, 0.2) is 67.0 Å². The van der Waals surface area contributed by atoms with Crippen molar-refractivity contribution in [1.82, 2.24) is 4.57 Å². The van der Waals surface area contributed by atoms with E-state index in [9.17, 15) is 0 Å². The van der Waals surface area contributed by atoms with Gasteiger partial charge in [0, 0.05) is 30.2 Å². The number of benzene rings is 2. The molecular formula is C20H19ClN2O2. The summed E-state index contributed by atoms with van der Waals surface area (Å²) in [5.41, 5.74) is 3.19. The van der Waals surface area contributed by atoms with Crippen LogP contribution in [0.25, 0.3) is 5.69 Å². The van der Waals surface area contributed by atoms with Gasteiger partial charge in [-0.05, 0) is 42.5 Å². The van der Waals surface area contributed by atoms with Crippen LogP contribution in [0.3, 0.4) is 0 Å². The molecule has 5 heteroatoms. The number of halogens is 1. The van der Waals surface area contributed by atoms with Crippen molar-refractivity contribution in [2.45, 2.75) is 6.23 Å². The van der Waals surface area contributed by atoms with Gasteiger partial charge in [0.25, 0.3) is 0 Å². The quantitative estimate of drug-likeness (QED) is 0.681.